The summed E-state index contributed by atoms with van der Waals surface area (Å²) in [5.41, 5.74) is 0. The van der Waals surface area contributed by atoms with Gasteiger partial charge in [-0.3, -0.25) is 9.59 Å². The summed E-state index contributed by atoms with van der Waals surface area (Å²) in [5, 5.41) is 11.7. The number of hydrogen-bond acceptors (Lipinski definition) is 8. The number of likely N-dealkylation sites (N-methyl/N-ethyl adjacent to an activating group) is 1. The number of carboxylic acid groups (broad SMARTS) is 1. The van der Waals surface area contributed by atoms with E-state index >= 15 is 0 Å². The van der Waals surface area contributed by atoms with Crippen LogP contribution in [0.4, 0.5) is 0 Å². The second-order valence-corrected chi connectivity index (χ2v) is 22.7. The first-order valence-corrected chi connectivity index (χ1v) is 31.6. The van der Waals surface area contributed by atoms with Crippen LogP contribution in [-0.2, 0) is 33.3 Å². The Labute approximate surface area is 458 Å². The van der Waals surface area contributed by atoms with Crippen LogP contribution >= 0.6 is 0 Å². The number of quaternary nitrogens is 1. The number of esters is 2. The standard InChI is InChI=1S/C65H121NO8/c1-6-8-10-12-14-16-18-20-21-22-23-24-25-26-27-28-29-30-31-32-33-34-35-36-37-38-39-40-41-42-44-45-47-49-51-53-55-62(67)72-59-61(60-73-65(64(69)70)71-58-57-66(3,4)5)74-63(68)56-54-52-50-48-46-43-19-17-15-13-11-9-7-2/h9,11,15,17,43,46,61,65H,6-8,10,12-14,16,18-42,44-45,47-60H2,1-5H3/b11-9-,17-15-,46-43-. The minimum Gasteiger partial charge on any atom is -0.545 e. The Kier molecular flexibility index (Phi) is 54.8. The summed E-state index contributed by atoms with van der Waals surface area (Å²) in [6.07, 6.45) is 66.9. The van der Waals surface area contributed by atoms with Gasteiger partial charge in [-0.2, -0.15) is 0 Å². The van der Waals surface area contributed by atoms with Gasteiger partial charge in [0.05, 0.1) is 40.3 Å². The summed E-state index contributed by atoms with van der Waals surface area (Å²) >= 11 is 0. The molecule has 0 bridgehead atoms. The highest BCUT2D eigenvalue weighted by Gasteiger charge is 2.22. The molecule has 0 N–H and O–H groups in total. The van der Waals surface area contributed by atoms with E-state index in [1.807, 2.05) is 21.1 Å². The van der Waals surface area contributed by atoms with Crippen molar-refractivity contribution in [2.45, 2.75) is 315 Å². The molecule has 74 heavy (non-hydrogen) atoms. The van der Waals surface area contributed by atoms with Crippen molar-refractivity contribution in [2.75, 3.05) is 47.5 Å². The van der Waals surface area contributed by atoms with Gasteiger partial charge in [0.1, 0.15) is 13.2 Å². The van der Waals surface area contributed by atoms with Crippen molar-refractivity contribution in [1.29, 1.82) is 0 Å². The molecule has 9 heteroatoms. The quantitative estimate of drug-likeness (QED) is 0.0195. The number of carbonyl (C=O) groups is 3. The number of allylic oxidation sites excluding steroid dienone is 6. The van der Waals surface area contributed by atoms with E-state index < -0.39 is 24.3 Å². The molecule has 2 atom stereocenters. The minimum absolute atomic E-state index is 0.143. The van der Waals surface area contributed by atoms with Crippen molar-refractivity contribution in [3.05, 3.63) is 36.5 Å². The summed E-state index contributed by atoms with van der Waals surface area (Å²) in [4.78, 5) is 37.2. The lowest BCUT2D eigenvalue weighted by Gasteiger charge is -2.26. The number of ether oxygens (including phenoxy) is 4. The van der Waals surface area contributed by atoms with Gasteiger partial charge in [-0.25, -0.2) is 0 Å². The highest BCUT2D eigenvalue weighted by molar-refractivity contribution is 5.70. The van der Waals surface area contributed by atoms with Crippen LogP contribution in [0.2, 0.25) is 0 Å². The molecule has 0 aromatic rings. The van der Waals surface area contributed by atoms with Crippen molar-refractivity contribution in [3.63, 3.8) is 0 Å². The molecule has 0 saturated carbocycles. The third-order valence-corrected chi connectivity index (χ3v) is 14.2. The molecule has 0 aromatic carbocycles. The van der Waals surface area contributed by atoms with Crippen LogP contribution in [0.25, 0.3) is 0 Å². The second-order valence-electron chi connectivity index (χ2n) is 22.7. The molecule has 0 aliphatic rings. The Morgan fingerprint density at radius 2 is 0.770 bits per heavy atom. The lowest BCUT2D eigenvalue weighted by molar-refractivity contribution is -0.870. The van der Waals surface area contributed by atoms with Gasteiger partial charge in [0.25, 0.3) is 0 Å². The first-order valence-electron chi connectivity index (χ1n) is 31.6. The Morgan fingerprint density at radius 3 is 1.15 bits per heavy atom. The monoisotopic (exact) mass is 1040 g/mol. The van der Waals surface area contributed by atoms with Gasteiger partial charge in [-0.05, 0) is 44.9 Å². The Hall–Kier alpha value is -2.49. The zero-order valence-corrected chi connectivity index (χ0v) is 49.5. The number of unbranched alkanes of at least 4 members (excludes halogenated alkanes) is 38. The summed E-state index contributed by atoms with van der Waals surface area (Å²) in [5.74, 6) is -2.31. The van der Waals surface area contributed by atoms with Crippen LogP contribution in [0.3, 0.4) is 0 Å². The van der Waals surface area contributed by atoms with Crippen LogP contribution in [0.1, 0.15) is 303 Å². The Bertz CT molecular complexity index is 1310. The van der Waals surface area contributed by atoms with Gasteiger partial charge >= 0.3 is 11.9 Å². The number of aliphatic carboxylic acids is 1. The van der Waals surface area contributed by atoms with E-state index in [-0.39, 0.29) is 38.6 Å². The van der Waals surface area contributed by atoms with E-state index in [2.05, 4.69) is 50.3 Å². The first-order chi connectivity index (χ1) is 36.1. The molecule has 0 saturated heterocycles. The van der Waals surface area contributed by atoms with Crippen molar-refractivity contribution >= 4 is 17.9 Å². The third kappa shape index (κ3) is 57.2. The largest absolute Gasteiger partial charge is 0.545 e. The Morgan fingerprint density at radius 1 is 0.419 bits per heavy atom. The lowest BCUT2D eigenvalue weighted by Crippen LogP contribution is -2.44. The van der Waals surface area contributed by atoms with Crippen molar-refractivity contribution in [1.82, 2.24) is 0 Å². The molecule has 0 aliphatic carbocycles. The van der Waals surface area contributed by atoms with Gasteiger partial charge in [0.15, 0.2) is 12.4 Å². The van der Waals surface area contributed by atoms with E-state index in [1.54, 1.807) is 0 Å². The predicted molar refractivity (Wildman–Crippen MR) is 311 cm³/mol. The Balaban J connectivity index is 3.93. The fourth-order valence-corrected chi connectivity index (χ4v) is 9.32. The average molecular weight is 1040 g/mol. The maximum atomic E-state index is 12.8. The number of hydrogen-bond donors (Lipinski definition) is 0. The minimum atomic E-state index is -1.63. The van der Waals surface area contributed by atoms with E-state index in [4.69, 9.17) is 18.9 Å². The third-order valence-electron chi connectivity index (χ3n) is 14.2. The maximum Gasteiger partial charge on any atom is 0.306 e. The maximum absolute atomic E-state index is 12.8. The second kappa shape index (κ2) is 56.7. The summed E-state index contributed by atoms with van der Waals surface area (Å²) in [6.45, 7) is 4.63. The number of carboxylic acids is 1. The summed E-state index contributed by atoms with van der Waals surface area (Å²) in [7, 11) is 5.91. The van der Waals surface area contributed by atoms with Gasteiger partial charge < -0.3 is 33.3 Å². The highest BCUT2D eigenvalue weighted by Crippen LogP contribution is 2.18. The van der Waals surface area contributed by atoms with Crippen LogP contribution < -0.4 is 5.11 Å². The molecule has 0 radical (unpaired) electrons. The van der Waals surface area contributed by atoms with E-state index in [1.165, 1.54) is 212 Å². The number of nitrogens with zero attached hydrogens (tertiary/aromatic N) is 1. The summed E-state index contributed by atoms with van der Waals surface area (Å²) in [6, 6.07) is 0. The first kappa shape index (κ1) is 71.5. The van der Waals surface area contributed by atoms with Gasteiger partial charge in [0.2, 0.25) is 0 Å². The molecule has 0 amide bonds. The zero-order chi connectivity index (χ0) is 54.1. The normalized spacial score (nSPS) is 12.9. The van der Waals surface area contributed by atoms with Crippen molar-refractivity contribution < 1.29 is 42.9 Å². The fourth-order valence-electron chi connectivity index (χ4n) is 9.32. The lowest BCUT2D eigenvalue weighted by atomic mass is 10.0. The SMILES string of the molecule is CC/C=C\C/C=C\C/C=C\CCCCCC(=O)OC(COC(=O)CCCCCCCCCCCCCCCCCCCCCCCCCCCCCCCCCCCCCC)COC(OCC[N+](C)(C)C)C(=O)[O-]. The van der Waals surface area contributed by atoms with E-state index in [0.717, 1.165) is 57.8 Å². The molecule has 0 spiro atoms. The smallest absolute Gasteiger partial charge is 0.306 e. The summed E-state index contributed by atoms with van der Waals surface area (Å²) < 4.78 is 22.6. The molecular formula is C65H121NO8. The zero-order valence-electron chi connectivity index (χ0n) is 49.5. The molecule has 0 fully saturated rings. The van der Waals surface area contributed by atoms with Gasteiger partial charge in [-0.15, -0.1) is 0 Å². The molecule has 9 nitrogen and oxygen atoms in total. The topological polar surface area (TPSA) is 111 Å². The van der Waals surface area contributed by atoms with Gasteiger partial charge in [-0.1, -0.05) is 281 Å². The average Bonchev–Trinajstić information content (AvgIpc) is 3.37. The molecule has 2 unspecified atom stereocenters. The molecule has 0 aromatic heterocycles. The molecule has 434 valence electrons. The van der Waals surface area contributed by atoms with E-state index in [9.17, 15) is 19.5 Å². The number of rotatable bonds is 59. The van der Waals surface area contributed by atoms with Crippen LogP contribution in [0.15, 0.2) is 36.5 Å². The molecule has 0 aliphatic heterocycles. The molecular weight excluding hydrogens is 923 g/mol. The fraction of sp³-hybridized carbons (Fsp3) is 0.862. The molecule has 0 rings (SSSR count). The van der Waals surface area contributed by atoms with Crippen molar-refractivity contribution in [3.8, 4) is 0 Å². The van der Waals surface area contributed by atoms with E-state index in [0.29, 0.717) is 17.4 Å². The predicted octanol–water partition coefficient (Wildman–Crippen LogP) is 17.5. The molecule has 0 heterocycles. The highest BCUT2D eigenvalue weighted by atomic mass is 16.7. The van der Waals surface area contributed by atoms with Crippen LogP contribution in [0, 0.1) is 0 Å². The van der Waals surface area contributed by atoms with Crippen LogP contribution in [-0.4, -0.2) is 82.3 Å². The van der Waals surface area contributed by atoms with Gasteiger partial charge in [0, 0.05) is 12.8 Å². The number of carbonyl (C=O) groups excluding carboxylic acids is 3. The van der Waals surface area contributed by atoms with Crippen molar-refractivity contribution in [2.24, 2.45) is 0 Å². The van der Waals surface area contributed by atoms with Crippen LogP contribution in [0.5, 0.6) is 0 Å².